The standard InChI is InChI=1S/C19H18F4N6O2/c20-14-4-3-13-16(30)25-18(26-28(13)14)29-15(10-1-2-10)12(9-24-29)17(31)27-7-5-11(6-8-27)19(21,22)23/h3-4,9-11H,1-2,5-8H2,(H,25,26,30). The highest BCUT2D eigenvalue weighted by molar-refractivity contribution is 5.95. The Morgan fingerprint density at radius 3 is 2.48 bits per heavy atom. The minimum atomic E-state index is -4.26. The van der Waals surface area contributed by atoms with Gasteiger partial charge in [-0.3, -0.25) is 14.6 Å². The monoisotopic (exact) mass is 438 g/mol. The number of alkyl halides is 3. The molecule has 8 nitrogen and oxygen atoms in total. The molecule has 164 valence electrons. The molecule has 5 rings (SSSR count). The zero-order valence-corrected chi connectivity index (χ0v) is 16.2. The van der Waals surface area contributed by atoms with Crippen LogP contribution in [0.25, 0.3) is 11.5 Å². The third-order valence-electron chi connectivity index (χ3n) is 5.91. The number of nitrogens with one attached hydrogen (secondary N) is 1. The third kappa shape index (κ3) is 3.39. The first-order valence-corrected chi connectivity index (χ1v) is 9.96. The Kier molecular flexibility index (Phi) is 4.41. The third-order valence-corrected chi connectivity index (χ3v) is 5.91. The fraction of sp³-hybridized carbons (Fsp3) is 0.474. The number of fused-ring (bicyclic) bond motifs is 1. The van der Waals surface area contributed by atoms with Crippen LogP contribution in [0.4, 0.5) is 17.6 Å². The van der Waals surface area contributed by atoms with Crippen LogP contribution >= 0.6 is 0 Å². The van der Waals surface area contributed by atoms with Crippen molar-refractivity contribution < 1.29 is 22.4 Å². The number of aromatic amines is 1. The van der Waals surface area contributed by atoms with Gasteiger partial charge in [0.2, 0.25) is 11.9 Å². The first kappa shape index (κ1) is 19.8. The van der Waals surface area contributed by atoms with E-state index in [1.165, 1.54) is 21.8 Å². The van der Waals surface area contributed by atoms with Gasteiger partial charge in [-0.1, -0.05) is 0 Å². The number of nitrogens with zero attached hydrogens (tertiary/aromatic N) is 5. The molecule has 1 aliphatic carbocycles. The summed E-state index contributed by atoms with van der Waals surface area (Å²) < 4.78 is 54.9. The molecule has 2 fully saturated rings. The molecule has 1 saturated heterocycles. The first-order valence-electron chi connectivity index (χ1n) is 9.96. The van der Waals surface area contributed by atoms with E-state index in [2.05, 4.69) is 15.2 Å². The number of aromatic nitrogens is 5. The van der Waals surface area contributed by atoms with Crippen LogP contribution in [0.2, 0.25) is 0 Å². The lowest BCUT2D eigenvalue weighted by Gasteiger charge is -2.32. The first-order chi connectivity index (χ1) is 14.7. The van der Waals surface area contributed by atoms with Gasteiger partial charge in [-0.2, -0.15) is 27.2 Å². The average Bonchev–Trinajstić information content (AvgIpc) is 3.37. The Labute approximate surface area is 172 Å². The molecule has 2 aliphatic rings. The minimum absolute atomic E-state index is 0.00433. The summed E-state index contributed by atoms with van der Waals surface area (Å²) in [5.41, 5.74) is 0.264. The van der Waals surface area contributed by atoms with Crippen molar-refractivity contribution in [3.8, 4) is 5.95 Å². The minimum Gasteiger partial charge on any atom is -0.339 e. The van der Waals surface area contributed by atoms with Crippen LogP contribution in [0.15, 0.2) is 23.1 Å². The number of amides is 1. The highest BCUT2D eigenvalue weighted by Crippen LogP contribution is 2.43. The summed E-state index contributed by atoms with van der Waals surface area (Å²) in [6.07, 6.45) is -1.61. The number of H-pyrrole nitrogens is 1. The quantitative estimate of drug-likeness (QED) is 0.637. The Balaban J connectivity index is 1.48. The second-order valence-corrected chi connectivity index (χ2v) is 7.97. The fourth-order valence-corrected chi connectivity index (χ4v) is 4.08. The zero-order valence-electron chi connectivity index (χ0n) is 16.2. The van der Waals surface area contributed by atoms with E-state index in [0.717, 1.165) is 23.4 Å². The van der Waals surface area contributed by atoms with Crippen molar-refractivity contribution in [2.45, 2.75) is 37.8 Å². The van der Waals surface area contributed by atoms with Crippen molar-refractivity contribution in [2.75, 3.05) is 13.1 Å². The summed E-state index contributed by atoms with van der Waals surface area (Å²) >= 11 is 0. The van der Waals surface area contributed by atoms with E-state index in [9.17, 15) is 27.2 Å². The van der Waals surface area contributed by atoms with Crippen LogP contribution in [0.1, 0.15) is 47.7 Å². The molecule has 31 heavy (non-hydrogen) atoms. The SMILES string of the molecule is O=C(c1cnn(-c2nn3c(F)ccc3c(=O)[nH]2)c1C1CC1)N1CCC(C(F)(F)F)CC1. The molecule has 0 bridgehead atoms. The van der Waals surface area contributed by atoms with Crippen molar-refractivity contribution in [1.82, 2.24) is 29.3 Å². The second-order valence-electron chi connectivity index (χ2n) is 7.97. The van der Waals surface area contributed by atoms with Crippen molar-refractivity contribution >= 4 is 11.4 Å². The van der Waals surface area contributed by atoms with Crippen LogP contribution in [0, 0.1) is 11.9 Å². The molecule has 0 unspecified atom stereocenters. The molecule has 3 aromatic rings. The van der Waals surface area contributed by atoms with Gasteiger partial charge < -0.3 is 4.90 Å². The molecular weight excluding hydrogens is 420 g/mol. The predicted molar refractivity (Wildman–Crippen MR) is 99.6 cm³/mol. The van der Waals surface area contributed by atoms with Gasteiger partial charge in [0.15, 0.2) is 0 Å². The summed E-state index contributed by atoms with van der Waals surface area (Å²) in [5, 5.41) is 8.30. The molecule has 1 aliphatic heterocycles. The lowest BCUT2D eigenvalue weighted by molar-refractivity contribution is -0.183. The number of piperidine rings is 1. The van der Waals surface area contributed by atoms with E-state index in [1.54, 1.807) is 0 Å². The van der Waals surface area contributed by atoms with E-state index in [4.69, 9.17) is 0 Å². The van der Waals surface area contributed by atoms with Gasteiger partial charge in [-0.15, -0.1) is 5.10 Å². The van der Waals surface area contributed by atoms with E-state index >= 15 is 0 Å². The van der Waals surface area contributed by atoms with Gasteiger partial charge >= 0.3 is 6.18 Å². The average molecular weight is 438 g/mol. The van der Waals surface area contributed by atoms with Crippen molar-refractivity contribution in [3.05, 3.63) is 45.9 Å². The molecule has 12 heteroatoms. The van der Waals surface area contributed by atoms with E-state index in [1.807, 2.05) is 0 Å². The number of carbonyl (C=O) groups excluding carboxylic acids is 1. The lowest BCUT2D eigenvalue weighted by atomic mass is 9.95. The molecule has 1 amide bonds. The molecular formula is C19H18F4N6O2. The number of rotatable bonds is 3. The van der Waals surface area contributed by atoms with Crippen LogP contribution in [0.5, 0.6) is 0 Å². The molecule has 0 spiro atoms. The maximum atomic E-state index is 14.0. The summed E-state index contributed by atoms with van der Waals surface area (Å²) in [6.45, 7) is 0.0157. The highest BCUT2D eigenvalue weighted by atomic mass is 19.4. The van der Waals surface area contributed by atoms with Gasteiger partial charge in [0.1, 0.15) is 5.52 Å². The van der Waals surface area contributed by atoms with Crippen molar-refractivity contribution in [2.24, 2.45) is 5.92 Å². The van der Waals surface area contributed by atoms with Gasteiger partial charge in [0.05, 0.1) is 23.4 Å². The Hall–Kier alpha value is -3.18. The molecule has 3 aromatic heterocycles. The largest absolute Gasteiger partial charge is 0.391 e. The molecule has 0 aromatic carbocycles. The number of hydrogen-bond acceptors (Lipinski definition) is 4. The van der Waals surface area contributed by atoms with Gasteiger partial charge in [-0.25, -0.2) is 4.68 Å². The maximum absolute atomic E-state index is 14.0. The normalized spacial score (nSPS) is 18.1. The number of hydrogen-bond donors (Lipinski definition) is 1. The van der Waals surface area contributed by atoms with Gasteiger partial charge in [0, 0.05) is 19.0 Å². The molecule has 1 N–H and O–H groups in total. The number of carbonyl (C=O) groups is 1. The zero-order chi connectivity index (χ0) is 21.9. The topological polar surface area (TPSA) is 88.3 Å². The number of likely N-dealkylation sites (tertiary alicyclic amines) is 1. The molecule has 1 saturated carbocycles. The summed E-state index contributed by atoms with van der Waals surface area (Å²) in [4.78, 5) is 29.3. The van der Waals surface area contributed by atoms with Gasteiger partial charge in [0.25, 0.3) is 11.5 Å². The van der Waals surface area contributed by atoms with E-state index in [-0.39, 0.29) is 48.9 Å². The van der Waals surface area contributed by atoms with Gasteiger partial charge in [-0.05, 0) is 37.8 Å². The summed E-state index contributed by atoms with van der Waals surface area (Å²) in [6, 6.07) is 2.42. The van der Waals surface area contributed by atoms with Crippen LogP contribution < -0.4 is 5.56 Å². The smallest absolute Gasteiger partial charge is 0.339 e. The molecule has 0 atom stereocenters. The fourth-order valence-electron chi connectivity index (χ4n) is 4.08. The maximum Gasteiger partial charge on any atom is 0.391 e. The molecule has 0 radical (unpaired) electrons. The Morgan fingerprint density at radius 1 is 1.13 bits per heavy atom. The lowest BCUT2D eigenvalue weighted by Crippen LogP contribution is -2.42. The Morgan fingerprint density at radius 2 is 1.84 bits per heavy atom. The van der Waals surface area contributed by atoms with Crippen molar-refractivity contribution in [1.29, 1.82) is 0 Å². The van der Waals surface area contributed by atoms with Crippen molar-refractivity contribution in [3.63, 3.8) is 0 Å². The summed E-state index contributed by atoms with van der Waals surface area (Å²) in [7, 11) is 0. The van der Waals surface area contributed by atoms with Crippen LogP contribution in [-0.2, 0) is 0 Å². The molecule has 4 heterocycles. The summed E-state index contributed by atoms with van der Waals surface area (Å²) in [5.74, 6) is -2.55. The van der Waals surface area contributed by atoms with E-state index < -0.39 is 29.5 Å². The predicted octanol–water partition coefficient (Wildman–Crippen LogP) is 2.64. The number of halogens is 4. The van der Waals surface area contributed by atoms with E-state index in [0.29, 0.717) is 5.69 Å². The van der Waals surface area contributed by atoms with Crippen LogP contribution in [-0.4, -0.2) is 54.5 Å². The Bertz CT molecular complexity index is 1210. The second kappa shape index (κ2) is 6.92. The highest BCUT2D eigenvalue weighted by Gasteiger charge is 2.42. The van der Waals surface area contributed by atoms with Crippen LogP contribution in [0.3, 0.4) is 0 Å².